The van der Waals surface area contributed by atoms with E-state index in [0.717, 1.165) is 11.4 Å². The highest BCUT2D eigenvalue weighted by Gasteiger charge is 2.33. The Morgan fingerprint density at radius 3 is 2.67 bits per heavy atom. The standard InChI is InChI=1S/C17H21ClN4O2/c1-12-10-14(20-22(12)15-5-3-2-4-13(15)18)16(23)21-8-6-17(24,11-19)7-9-21/h2-5,10,24H,6-9,11,19H2,1H3. The van der Waals surface area contributed by atoms with Crippen LogP contribution < -0.4 is 5.73 Å². The van der Waals surface area contributed by atoms with Crippen molar-refractivity contribution in [2.75, 3.05) is 19.6 Å². The summed E-state index contributed by atoms with van der Waals surface area (Å²) in [7, 11) is 0. The number of aryl methyl sites for hydroxylation is 1. The zero-order chi connectivity index (χ0) is 17.3. The van der Waals surface area contributed by atoms with E-state index in [0.29, 0.717) is 36.6 Å². The van der Waals surface area contributed by atoms with Gasteiger partial charge in [0, 0.05) is 25.3 Å². The number of carbonyl (C=O) groups is 1. The van der Waals surface area contributed by atoms with Gasteiger partial charge >= 0.3 is 0 Å². The third-order valence-corrected chi connectivity index (χ3v) is 4.87. The molecule has 7 heteroatoms. The molecule has 128 valence electrons. The van der Waals surface area contributed by atoms with E-state index in [4.69, 9.17) is 17.3 Å². The molecule has 1 aliphatic heterocycles. The highest BCUT2D eigenvalue weighted by atomic mass is 35.5. The number of rotatable bonds is 3. The molecular weight excluding hydrogens is 328 g/mol. The van der Waals surface area contributed by atoms with Gasteiger partial charge in [-0.15, -0.1) is 0 Å². The highest BCUT2D eigenvalue weighted by molar-refractivity contribution is 6.32. The second-order valence-electron chi connectivity index (χ2n) is 6.25. The van der Waals surface area contributed by atoms with Gasteiger partial charge in [0.1, 0.15) is 0 Å². The maximum Gasteiger partial charge on any atom is 0.274 e. The van der Waals surface area contributed by atoms with Crippen LogP contribution in [-0.2, 0) is 0 Å². The summed E-state index contributed by atoms with van der Waals surface area (Å²) in [6.07, 6.45) is 0.971. The maximum absolute atomic E-state index is 12.7. The number of benzene rings is 1. The Morgan fingerprint density at radius 2 is 2.04 bits per heavy atom. The number of likely N-dealkylation sites (tertiary alicyclic amines) is 1. The second-order valence-corrected chi connectivity index (χ2v) is 6.66. The quantitative estimate of drug-likeness (QED) is 0.885. The molecule has 1 amide bonds. The normalized spacial score (nSPS) is 17.1. The Kier molecular flexibility index (Phi) is 4.62. The minimum atomic E-state index is -0.858. The SMILES string of the molecule is Cc1cc(C(=O)N2CCC(O)(CN)CC2)nn1-c1ccccc1Cl. The highest BCUT2D eigenvalue weighted by Crippen LogP contribution is 2.24. The van der Waals surface area contributed by atoms with Gasteiger partial charge in [-0.25, -0.2) is 4.68 Å². The van der Waals surface area contributed by atoms with Crippen molar-refractivity contribution in [1.82, 2.24) is 14.7 Å². The average Bonchev–Trinajstić information content (AvgIpc) is 2.97. The van der Waals surface area contributed by atoms with Crippen LogP contribution in [0.1, 0.15) is 29.0 Å². The molecule has 1 aliphatic rings. The Balaban J connectivity index is 1.80. The Bertz CT molecular complexity index is 751. The fourth-order valence-electron chi connectivity index (χ4n) is 2.94. The van der Waals surface area contributed by atoms with Gasteiger partial charge in [-0.1, -0.05) is 23.7 Å². The van der Waals surface area contributed by atoms with Crippen LogP contribution in [0.2, 0.25) is 5.02 Å². The minimum absolute atomic E-state index is 0.136. The topological polar surface area (TPSA) is 84.4 Å². The van der Waals surface area contributed by atoms with Gasteiger partial charge in [-0.05, 0) is 38.0 Å². The molecule has 24 heavy (non-hydrogen) atoms. The fourth-order valence-corrected chi connectivity index (χ4v) is 3.15. The second kappa shape index (κ2) is 6.55. The van der Waals surface area contributed by atoms with Gasteiger partial charge in [0.25, 0.3) is 5.91 Å². The van der Waals surface area contributed by atoms with E-state index in [2.05, 4.69) is 5.10 Å². The number of hydrogen-bond acceptors (Lipinski definition) is 4. The first-order chi connectivity index (χ1) is 11.4. The number of carbonyl (C=O) groups excluding carboxylic acids is 1. The fraction of sp³-hybridized carbons (Fsp3) is 0.412. The molecule has 3 rings (SSSR count). The number of hydrogen-bond donors (Lipinski definition) is 2. The summed E-state index contributed by atoms with van der Waals surface area (Å²) < 4.78 is 1.68. The van der Waals surface area contributed by atoms with Crippen molar-refractivity contribution in [2.45, 2.75) is 25.4 Å². The van der Waals surface area contributed by atoms with Crippen LogP contribution in [0.4, 0.5) is 0 Å². The lowest BCUT2D eigenvalue weighted by Crippen LogP contribution is -2.50. The summed E-state index contributed by atoms with van der Waals surface area (Å²) >= 11 is 6.22. The molecule has 0 atom stereocenters. The minimum Gasteiger partial charge on any atom is -0.388 e. The van der Waals surface area contributed by atoms with Crippen LogP contribution in [0.15, 0.2) is 30.3 Å². The van der Waals surface area contributed by atoms with E-state index in [9.17, 15) is 9.90 Å². The van der Waals surface area contributed by atoms with Crippen LogP contribution in [0.3, 0.4) is 0 Å². The lowest BCUT2D eigenvalue weighted by Gasteiger charge is -2.37. The van der Waals surface area contributed by atoms with Crippen molar-refractivity contribution in [3.8, 4) is 5.69 Å². The van der Waals surface area contributed by atoms with Crippen LogP contribution >= 0.6 is 11.6 Å². The van der Waals surface area contributed by atoms with Gasteiger partial charge in [-0.2, -0.15) is 5.10 Å². The average molecular weight is 349 g/mol. The first-order valence-electron chi connectivity index (χ1n) is 7.97. The molecule has 6 nitrogen and oxygen atoms in total. The van der Waals surface area contributed by atoms with Crippen molar-refractivity contribution in [2.24, 2.45) is 5.73 Å². The summed E-state index contributed by atoms with van der Waals surface area (Å²) in [5, 5.41) is 15.2. The monoisotopic (exact) mass is 348 g/mol. The molecule has 3 N–H and O–H groups in total. The van der Waals surface area contributed by atoms with E-state index in [1.165, 1.54) is 0 Å². The van der Waals surface area contributed by atoms with Gasteiger partial charge in [-0.3, -0.25) is 4.79 Å². The van der Waals surface area contributed by atoms with Crippen LogP contribution in [0.5, 0.6) is 0 Å². The number of aliphatic hydroxyl groups is 1. The zero-order valence-electron chi connectivity index (χ0n) is 13.6. The van der Waals surface area contributed by atoms with Crippen LogP contribution in [-0.4, -0.2) is 50.9 Å². The maximum atomic E-state index is 12.7. The number of nitrogens with two attached hydrogens (primary N) is 1. The van der Waals surface area contributed by atoms with Crippen molar-refractivity contribution < 1.29 is 9.90 Å². The van der Waals surface area contributed by atoms with Crippen molar-refractivity contribution >= 4 is 17.5 Å². The van der Waals surface area contributed by atoms with Gasteiger partial charge < -0.3 is 15.7 Å². The van der Waals surface area contributed by atoms with E-state index < -0.39 is 5.60 Å². The van der Waals surface area contributed by atoms with Crippen LogP contribution in [0.25, 0.3) is 5.69 Å². The third kappa shape index (κ3) is 3.17. The van der Waals surface area contributed by atoms with Gasteiger partial charge in [0.15, 0.2) is 5.69 Å². The van der Waals surface area contributed by atoms with E-state index in [1.807, 2.05) is 25.1 Å². The predicted molar refractivity (Wildman–Crippen MR) is 92.5 cm³/mol. The lowest BCUT2D eigenvalue weighted by molar-refractivity contribution is -0.00967. The molecule has 1 fully saturated rings. The molecule has 2 heterocycles. The number of nitrogens with zero attached hydrogens (tertiary/aromatic N) is 3. The molecule has 0 unspecified atom stereocenters. The molecule has 1 aromatic carbocycles. The number of piperidine rings is 1. The molecule has 0 spiro atoms. The van der Waals surface area contributed by atoms with Crippen LogP contribution in [0, 0.1) is 6.92 Å². The predicted octanol–water partition coefficient (Wildman–Crippen LogP) is 1.76. The molecule has 0 bridgehead atoms. The number of para-hydroxylation sites is 1. The van der Waals surface area contributed by atoms with Crippen molar-refractivity contribution in [1.29, 1.82) is 0 Å². The van der Waals surface area contributed by atoms with Crippen molar-refractivity contribution in [3.63, 3.8) is 0 Å². The molecular formula is C17H21ClN4O2. The summed E-state index contributed by atoms with van der Waals surface area (Å²) in [4.78, 5) is 14.4. The zero-order valence-corrected chi connectivity index (χ0v) is 14.3. The summed E-state index contributed by atoms with van der Waals surface area (Å²) in [5.41, 5.74) is 6.69. The summed E-state index contributed by atoms with van der Waals surface area (Å²) in [6, 6.07) is 9.14. The first kappa shape index (κ1) is 17.0. The van der Waals surface area contributed by atoms with Gasteiger partial charge in [0.2, 0.25) is 0 Å². The van der Waals surface area contributed by atoms with E-state index >= 15 is 0 Å². The molecule has 1 saturated heterocycles. The van der Waals surface area contributed by atoms with E-state index in [1.54, 1.807) is 21.7 Å². The summed E-state index contributed by atoms with van der Waals surface area (Å²) in [6.45, 7) is 3.06. The van der Waals surface area contributed by atoms with Crippen molar-refractivity contribution in [3.05, 3.63) is 46.7 Å². The Labute approximate surface area is 145 Å². The molecule has 0 aliphatic carbocycles. The molecule has 0 saturated carbocycles. The van der Waals surface area contributed by atoms with E-state index in [-0.39, 0.29) is 12.5 Å². The molecule has 2 aromatic rings. The number of halogens is 1. The largest absolute Gasteiger partial charge is 0.388 e. The number of amides is 1. The smallest absolute Gasteiger partial charge is 0.274 e. The number of aromatic nitrogens is 2. The Morgan fingerprint density at radius 1 is 1.38 bits per heavy atom. The van der Waals surface area contributed by atoms with Gasteiger partial charge in [0.05, 0.1) is 16.3 Å². The summed E-state index contributed by atoms with van der Waals surface area (Å²) in [5.74, 6) is -0.136. The first-order valence-corrected chi connectivity index (χ1v) is 8.35. The molecule has 0 radical (unpaired) electrons. The lowest BCUT2D eigenvalue weighted by atomic mass is 9.91. The Hall–Kier alpha value is -1.89. The third-order valence-electron chi connectivity index (χ3n) is 4.55. The molecule has 1 aromatic heterocycles.